The summed E-state index contributed by atoms with van der Waals surface area (Å²) >= 11 is 13.7. The van der Waals surface area contributed by atoms with E-state index in [1.165, 1.54) is 49.0 Å². The highest BCUT2D eigenvalue weighted by Gasteiger charge is 2.41. The lowest BCUT2D eigenvalue weighted by atomic mass is 9.82. The van der Waals surface area contributed by atoms with Gasteiger partial charge in [-0.1, -0.05) is 79.1 Å². The van der Waals surface area contributed by atoms with Gasteiger partial charge in [0.05, 0.1) is 33.3 Å². The summed E-state index contributed by atoms with van der Waals surface area (Å²) in [6, 6.07) is 8.19. The van der Waals surface area contributed by atoms with Gasteiger partial charge in [0.2, 0.25) is 5.78 Å². The number of hydrogen-bond donors (Lipinski definition) is 0. The minimum Gasteiger partial charge on any atom is -0.288 e. The fourth-order valence-corrected chi connectivity index (χ4v) is 11.7. The smallest absolute Gasteiger partial charge is 0.205 e. The molecule has 0 N–H and O–H groups in total. The van der Waals surface area contributed by atoms with Gasteiger partial charge in [-0.05, 0) is 86.4 Å². The first-order valence-electron chi connectivity index (χ1n) is 15.2. The lowest BCUT2D eigenvalue weighted by Crippen LogP contribution is -2.20. The average Bonchev–Trinajstić information content (AvgIpc) is 3.77. The van der Waals surface area contributed by atoms with Crippen LogP contribution in [0.2, 0.25) is 0 Å². The Hall–Kier alpha value is -0.900. The second kappa shape index (κ2) is 14.5. The third kappa shape index (κ3) is 6.55. The van der Waals surface area contributed by atoms with E-state index in [-0.39, 0.29) is 11.6 Å². The molecule has 0 amide bonds. The summed E-state index contributed by atoms with van der Waals surface area (Å²) in [6.45, 7) is 9.06. The van der Waals surface area contributed by atoms with Crippen LogP contribution in [0.25, 0.3) is 19.5 Å². The largest absolute Gasteiger partial charge is 0.288 e. The van der Waals surface area contributed by atoms with Crippen LogP contribution >= 0.6 is 77.2 Å². The van der Waals surface area contributed by atoms with Gasteiger partial charge in [0.15, 0.2) is 5.78 Å². The van der Waals surface area contributed by atoms with Crippen LogP contribution in [0.15, 0.2) is 31.8 Å². The Morgan fingerprint density at radius 2 is 1.14 bits per heavy atom. The molecule has 1 aliphatic rings. The quantitative estimate of drug-likeness (QED) is 0.113. The molecule has 2 atom stereocenters. The van der Waals surface area contributed by atoms with Crippen molar-refractivity contribution in [3.05, 3.63) is 63.8 Å². The Bertz CT molecular complexity index is 1570. The van der Waals surface area contributed by atoms with E-state index in [0.29, 0.717) is 27.8 Å². The topological polar surface area (TPSA) is 34.1 Å². The lowest BCUT2D eigenvalue weighted by molar-refractivity contribution is 0.0983. The number of carbonyl (C=O) groups excluding carboxylic acids is 2. The molecule has 0 fully saturated rings. The van der Waals surface area contributed by atoms with Crippen LogP contribution < -0.4 is 0 Å². The van der Waals surface area contributed by atoms with Crippen molar-refractivity contribution in [3.8, 4) is 19.5 Å². The summed E-state index contributed by atoms with van der Waals surface area (Å²) in [5.41, 5.74) is 3.14. The van der Waals surface area contributed by atoms with Crippen molar-refractivity contribution in [1.29, 1.82) is 0 Å². The highest BCUT2D eigenvalue weighted by molar-refractivity contribution is 9.11. The number of rotatable bonds is 14. The number of fused-ring (bicyclic) bond motifs is 2. The summed E-state index contributed by atoms with van der Waals surface area (Å²) in [7, 11) is 0. The fraction of sp³-hybridized carbons (Fsp3) is 0.471. The van der Waals surface area contributed by atoms with Crippen molar-refractivity contribution >= 4 is 88.8 Å². The number of hydrogen-bond acceptors (Lipinski definition) is 6. The van der Waals surface area contributed by atoms with Crippen LogP contribution in [0.5, 0.6) is 0 Å². The van der Waals surface area contributed by atoms with Gasteiger partial charge >= 0.3 is 0 Å². The molecule has 0 saturated heterocycles. The van der Waals surface area contributed by atoms with Gasteiger partial charge < -0.3 is 0 Å². The molecule has 2 nitrogen and oxygen atoms in total. The van der Waals surface area contributed by atoms with E-state index in [9.17, 15) is 9.59 Å². The van der Waals surface area contributed by atoms with Gasteiger partial charge in [0.1, 0.15) is 0 Å². The Kier molecular flexibility index (Phi) is 11.2. The van der Waals surface area contributed by atoms with E-state index < -0.39 is 0 Å². The van der Waals surface area contributed by atoms with Gasteiger partial charge in [-0.25, -0.2) is 0 Å². The summed E-state index contributed by atoms with van der Waals surface area (Å²) in [4.78, 5) is 35.3. The first kappa shape index (κ1) is 32.5. The zero-order valence-electron chi connectivity index (χ0n) is 24.7. The molecular weight excluding hydrogens is 728 g/mol. The summed E-state index contributed by atoms with van der Waals surface area (Å²) < 4.78 is 2.04. The maximum absolute atomic E-state index is 14.8. The molecule has 4 aromatic rings. The van der Waals surface area contributed by atoms with E-state index in [2.05, 4.69) is 71.7 Å². The van der Waals surface area contributed by atoms with Crippen molar-refractivity contribution in [2.45, 2.75) is 91.9 Å². The molecule has 0 aliphatic heterocycles. The molecule has 0 saturated carbocycles. The average molecular weight is 767 g/mol. The highest BCUT2D eigenvalue weighted by atomic mass is 79.9. The van der Waals surface area contributed by atoms with Crippen LogP contribution in [-0.4, -0.2) is 11.6 Å². The molecule has 8 heteroatoms. The minimum absolute atomic E-state index is 0.0398. The predicted molar refractivity (Wildman–Crippen MR) is 192 cm³/mol. The molecule has 0 bridgehead atoms. The van der Waals surface area contributed by atoms with Gasteiger partial charge in [0.25, 0.3) is 0 Å². The Morgan fingerprint density at radius 1 is 0.619 bits per heavy atom. The molecule has 0 radical (unpaired) electrons. The number of unbranched alkanes of at least 4 members (excludes halogenated alkanes) is 2. The van der Waals surface area contributed by atoms with E-state index in [1.807, 2.05) is 12.1 Å². The van der Waals surface area contributed by atoms with Gasteiger partial charge in [-0.3, -0.25) is 9.59 Å². The van der Waals surface area contributed by atoms with Crippen molar-refractivity contribution in [2.75, 3.05) is 0 Å². The predicted octanol–water partition coefficient (Wildman–Crippen LogP) is 13.1. The van der Waals surface area contributed by atoms with Crippen molar-refractivity contribution in [3.63, 3.8) is 0 Å². The number of halogens is 2. The van der Waals surface area contributed by atoms with Crippen LogP contribution in [0.4, 0.5) is 0 Å². The van der Waals surface area contributed by atoms with Crippen molar-refractivity contribution < 1.29 is 9.59 Å². The lowest BCUT2D eigenvalue weighted by Gasteiger charge is -2.20. The van der Waals surface area contributed by atoms with Crippen LogP contribution in [0.1, 0.15) is 121 Å². The third-order valence-corrected chi connectivity index (χ3v) is 14.6. The van der Waals surface area contributed by atoms with Crippen molar-refractivity contribution in [2.24, 2.45) is 11.8 Å². The summed E-state index contributed by atoms with van der Waals surface area (Å²) in [6.07, 6.45) is 11.2. The van der Waals surface area contributed by atoms with E-state index >= 15 is 0 Å². The zero-order valence-corrected chi connectivity index (χ0v) is 31.2. The van der Waals surface area contributed by atoms with Gasteiger partial charge in [-0.2, -0.15) is 0 Å². The van der Waals surface area contributed by atoms with E-state index in [1.54, 1.807) is 45.3 Å². The zero-order chi connectivity index (χ0) is 30.0. The fourth-order valence-electron chi connectivity index (χ4n) is 6.05. The molecule has 5 rings (SSSR count). The number of ketones is 2. The number of carbonyl (C=O) groups is 2. The van der Waals surface area contributed by atoms with Gasteiger partial charge in [-0.15, -0.1) is 45.3 Å². The first-order chi connectivity index (χ1) is 20.3. The SMILES string of the molecule is CCCCC(CC)Cc1sc2c(c1CC(CC)CCCC)C(=O)c1c(-c3ccc(Br)s3)sc(-c3ccc(Br)s3)c1C2=O. The standard InChI is InChI=1S/C34H38Br2O2S4/c1-5-9-11-19(7-3)17-21-24(18-20(8-4)12-10-6-2)41-34-27(21)30(37)28-29(31(34)38)33(23-14-16-26(36)40-23)42-32(28)22-13-15-25(35)39-22/h13-16,19-20H,5-12,17-18H2,1-4H3. The molecule has 224 valence electrons. The Balaban J connectivity index is 1.68. The van der Waals surface area contributed by atoms with Crippen LogP contribution in [0.3, 0.4) is 0 Å². The molecule has 2 unspecified atom stereocenters. The first-order valence-corrected chi connectivity index (χ1v) is 20.1. The summed E-state index contributed by atoms with van der Waals surface area (Å²) in [5, 5.41) is 0. The molecule has 1 aliphatic carbocycles. The second-order valence-corrected chi connectivity index (χ2v) is 18.4. The summed E-state index contributed by atoms with van der Waals surface area (Å²) in [5.74, 6) is 1.20. The van der Waals surface area contributed by atoms with Crippen LogP contribution in [0, 0.1) is 11.8 Å². The normalized spacial score (nSPS) is 14.3. The van der Waals surface area contributed by atoms with Crippen molar-refractivity contribution in [1.82, 2.24) is 0 Å². The molecule has 0 aromatic carbocycles. The minimum atomic E-state index is 0.0398. The second-order valence-electron chi connectivity index (χ2n) is 11.3. The number of thiophene rings is 4. The maximum Gasteiger partial charge on any atom is 0.205 e. The van der Waals surface area contributed by atoms with Gasteiger partial charge in [0, 0.05) is 20.2 Å². The van der Waals surface area contributed by atoms with E-state index in [0.717, 1.165) is 58.3 Å². The monoisotopic (exact) mass is 764 g/mol. The van der Waals surface area contributed by atoms with Crippen LogP contribution in [-0.2, 0) is 12.8 Å². The molecule has 0 spiro atoms. The molecule has 4 aromatic heterocycles. The van der Waals surface area contributed by atoms with E-state index in [4.69, 9.17) is 0 Å². The third-order valence-electron chi connectivity index (χ3n) is 8.53. The maximum atomic E-state index is 14.8. The molecular formula is C34H38Br2O2S4. The molecule has 42 heavy (non-hydrogen) atoms. The highest BCUT2D eigenvalue weighted by Crippen LogP contribution is 2.52. The Labute approximate surface area is 283 Å². The molecule has 4 heterocycles. The Morgan fingerprint density at radius 3 is 1.62 bits per heavy atom.